The summed E-state index contributed by atoms with van der Waals surface area (Å²) in [5.74, 6) is 0. The molecule has 2 N–H and O–H groups in total. The van der Waals surface area contributed by atoms with Crippen LogP contribution in [0.4, 0.5) is 0 Å². The maximum Gasteiger partial charge on any atom is 0.0329 e. The average Bonchev–Trinajstić information content (AvgIpc) is 2.62. The molecule has 1 atom stereocenters. The summed E-state index contributed by atoms with van der Waals surface area (Å²) in [5, 5.41) is 0. The van der Waals surface area contributed by atoms with E-state index in [-0.39, 0.29) is 5.54 Å². The van der Waals surface area contributed by atoms with Gasteiger partial charge in [-0.25, -0.2) is 0 Å². The van der Waals surface area contributed by atoms with Crippen molar-refractivity contribution >= 4 is 0 Å². The van der Waals surface area contributed by atoms with Crippen LogP contribution in [0.1, 0.15) is 59.8 Å². The Morgan fingerprint density at radius 2 is 2.00 bits per heavy atom. The summed E-state index contributed by atoms with van der Waals surface area (Å²) < 4.78 is 0. The van der Waals surface area contributed by atoms with Gasteiger partial charge in [-0.2, -0.15) is 0 Å². The molecule has 1 aliphatic rings. The third kappa shape index (κ3) is 2.98. The van der Waals surface area contributed by atoms with Crippen LogP contribution < -0.4 is 5.73 Å². The molecule has 0 amide bonds. The summed E-state index contributed by atoms with van der Waals surface area (Å²) in [5.41, 5.74) is 6.86. The molecule has 1 unspecified atom stereocenters. The van der Waals surface area contributed by atoms with Crippen LogP contribution in [-0.2, 0) is 0 Å². The van der Waals surface area contributed by atoms with Crippen molar-refractivity contribution in [2.45, 2.75) is 65.3 Å². The van der Waals surface area contributed by atoms with Crippen molar-refractivity contribution in [3.63, 3.8) is 0 Å². The topological polar surface area (TPSA) is 29.3 Å². The van der Waals surface area contributed by atoms with Gasteiger partial charge in [0.1, 0.15) is 0 Å². The van der Waals surface area contributed by atoms with Crippen molar-refractivity contribution in [2.24, 2.45) is 11.1 Å². The van der Waals surface area contributed by atoms with Crippen LogP contribution in [0.3, 0.4) is 0 Å². The van der Waals surface area contributed by atoms with Gasteiger partial charge in [0.2, 0.25) is 0 Å². The van der Waals surface area contributed by atoms with Crippen LogP contribution in [0.5, 0.6) is 0 Å². The van der Waals surface area contributed by atoms with Crippen molar-refractivity contribution in [3.8, 4) is 0 Å². The second-order valence-corrected chi connectivity index (χ2v) is 6.22. The van der Waals surface area contributed by atoms with E-state index in [0.29, 0.717) is 5.41 Å². The van der Waals surface area contributed by atoms with E-state index >= 15 is 0 Å². The molecule has 0 radical (unpaired) electrons. The summed E-state index contributed by atoms with van der Waals surface area (Å²) in [6.07, 6.45) is 6.37. The number of nitrogens with zero attached hydrogens (tertiary/aromatic N) is 1. The minimum absolute atomic E-state index is 0.282. The maximum atomic E-state index is 6.09. The molecule has 1 rings (SSSR count). The molecular formula is C14H30N2. The summed E-state index contributed by atoms with van der Waals surface area (Å²) >= 11 is 0. The van der Waals surface area contributed by atoms with Crippen LogP contribution in [0, 0.1) is 5.41 Å². The molecule has 0 aliphatic carbocycles. The molecule has 1 heterocycles. The van der Waals surface area contributed by atoms with E-state index in [9.17, 15) is 0 Å². The molecule has 1 aliphatic heterocycles. The predicted octanol–water partition coefficient (Wildman–Crippen LogP) is 3.02. The Balaban J connectivity index is 2.69. The maximum absolute atomic E-state index is 6.09. The Morgan fingerprint density at radius 1 is 1.31 bits per heavy atom. The van der Waals surface area contributed by atoms with Gasteiger partial charge in [-0.15, -0.1) is 0 Å². The van der Waals surface area contributed by atoms with Crippen LogP contribution in [0.15, 0.2) is 0 Å². The lowest BCUT2D eigenvalue weighted by atomic mass is 9.87. The standard InChI is InChI=1S/C14H30N2/c1-5-7-8-14(6-2,11-15)16-10-9-13(3,4)12-16/h5-12,15H2,1-4H3. The number of nitrogens with two attached hydrogens (primary N) is 1. The van der Waals surface area contributed by atoms with E-state index in [1.165, 1.54) is 45.2 Å². The highest BCUT2D eigenvalue weighted by Crippen LogP contribution is 2.36. The first-order valence-corrected chi connectivity index (χ1v) is 6.95. The molecule has 0 saturated carbocycles. The molecule has 1 saturated heterocycles. The normalized spacial score (nSPS) is 24.6. The second kappa shape index (κ2) is 5.50. The number of hydrogen-bond donors (Lipinski definition) is 1. The van der Waals surface area contributed by atoms with E-state index in [2.05, 4.69) is 32.6 Å². The van der Waals surface area contributed by atoms with E-state index in [0.717, 1.165) is 6.54 Å². The molecule has 1 fully saturated rings. The highest BCUT2D eigenvalue weighted by atomic mass is 15.2. The molecule has 0 aromatic heterocycles. The van der Waals surface area contributed by atoms with Gasteiger partial charge in [0.25, 0.3) is 0 Å². The van der Waals surface area contributed by atoms with E-state index < -0.39 is 0 Å². The van der Waals surface area contributed by atoms with Crippen LogP contribution in [-0.4, -0.2) is 30.1 Å². The SMILES string of the molecule is CCCCC(CC)(CN)N1CCC(C)(C)C1. The number of unbranched alkanes of at least 4 members (excludes halogenated alkanes) is 1. The van der Waals surface area contributed by atoms with Crippen molar-refractivity contribution < 1.29 is 0 Å². The molecular weight excluding hydrogens is 196 g/mol. The predicted molar refractivity (Wildman–Crippen MR) is 71.6 cm³/mol. The fraction of sp³-hybridized carbons (Fsp3) is 1.00. The summed E-state index contributed by atoms with van der Waals surface area (Å²) in [7, 11) is 0. The third-order valence-corrected chi connectivity index (χ3v) is 4.38. The van der Waals surface area contributed by atoms with Gasteiger partial charge in [0.15, 0.2) is 0 Å². The lowest BCUT2D eigenvalue weighted by molar-refractivity contribution is 0.0942. The molecule has 0 spiro atoms. The Labute approximate surface area is 102 Å². The largest absolute Gasteiger partial charge is 0.329 e. The minimum atomic E-state index is 0.282. The van der Waals surface area contributed by atoms with Crippen molar-refractivity contribution in [3.05, 3.63) is 0 Å². The fourth-order valence-electron chi connectivity index (χ4n) is 2.96. The van der Waals surface area contributed by atoms with Gasteiger partial charge in [-0.3, -0.25) is 4.90 Å². The molecule has 2 nitrogen and oxygen atoms in total. The molecule has 2 heteroatoms. The smallest absolute Gasteiger partial charge is 0.0329 e. The van der Waals surface area contributed by atoms with Crippen molar-refractivity contribution in [1.82, 2.24) is 4.90 Å². The van der Waals surface area contributed by atoms with Gasteiger partial charge in [0.05, 0.1) is 0 Å². The summed E-state index contributed by atoms with van der Waals surface area (Å²) in [4.78, 5) is 2.67. The fourth-order valence-corrected chi connectivity index (χ4v) is 2.96. The molecule has 16 heavy (non-hydrogen) atoms. The zero-order valence-corrected chi connectivity index (χ0v) is 11.7. The van der Waals surface area contributed by atoms with Crippen molar-refractivity contribution in [1.29, 1.82) is 0 Å². The molecule has 0 aromatic rings. The van der Waals surface area contributed by atoms with Gasteiger partial charge in [0, 0.05) is 18.6 Å². The number of rotatable bonds is 6. The second-order valence-electron chi connectivity index (χ2n) is 6.22. The number of hydrogen-bond acceptors (Lipinski definition) is 2. The zero-order chi connectivity index (χ0) is 12.2. The third-order valence-electron chi connectivity index (χ3n) is 4.38. The van der Waals surface area contributed by atoms with Gasteiger partial charge in [-0.05, 0) is 31.2 Å². The van der Waals surface area contributed by atoms with E-state index in [1.54, 1.807) is 0 Å². The average molecular weight is 226 g/mol. The lowest BCUT2D eigenvalue weighted by Crippen LogP contribution is -2.52. The first-order valence-electron chi connectivity index (χ1n) is 6.95. The quantitative estimate of drug-likeness (QED) is 0.754. The number of likely N-dealkylation sites (tertiary alicyclic amines) is 1. The van der Waals surface area contributed by atoms with E-state index in [1.807, 2.05) is 0 Å². The van der Waals surface area contributed by atoms with Gasteiger partial charge in [-0.1, -0.05) is 40.5 Å². The Hall–Kier alpha value is -0.0800. The summed E-state index contributed by atoms with van der Waals surface area (Å²) in [6.45, 7) is 12.6. The zero-order valence-electron chi connectivity index (χ0n) is 11.7. The highest BCUT2D eigenvalue weighted by Gasteiger charge is 2.40. The molecule has 0 aromatic carbocycles. The first-order chi connectivity index (χ1) is 7.49. The molecule has 96 valence electrons. The monoisotopic (exact) mass is 226 g/mol. The summed E-state index contributed by atoms with van der Waals surface area (Å²) in [6, 6.07) is 0. The van der Waals surface area contributed by atoms with Crippen LogP contribution >= 0.6 is 0 Å². The van der Waals surface area contributed by atoms with Gasteiger partial charge < -0.3 is 5.73 Å². The Morgan fingerprint density at radius 3 is 2.38 bits per heavy atom. The Kier molecular flexibility index (Phi) is 4.81. The minimum Gasteiger partial charge on any atom is -0.329 e. The first kappa shape index (κ1) is 14.0. The Bertz CT molecular complexity index is 207. The van der Waals surface area contributed by atoms with Crippen LogP contribution in [0.25, 0.3) is 0 Å². The van der Waals surface area contributed by atoms with E-state index in [4.69, 9.17) is 5.73 Å². The van der Waals surface area contributed by atoms with Gasteiger partial charge >= 0.3 is 0 Å². The molecule has 0 bridgehead atoms. The van der Waals surface area contributed by atoms with Crippen LogP contribution in [0.2, 0.25) is 0 Å². The van der Waals surface area contributed by atoms with Crippen molar-refractivity contribution in [2.75, 3.05) is 19.6 Å². The lowest BCUT2D eigenvalue weighted by Gasteiger charge is -2.41. The highest BCUT2D eigenvalue weighted by molar-refractivity contribution is 4.96.